The summed E-state index contributed by atoms with van der Waals surface area (Å²) in [5.74, 6) is -0.676. The summed E-state index contributed by atoms with van der Waals surface area (Å²) in [4.78, 5) is 39.8. The fraction of sp³-hybridized carbons (Fsp3) is 0.370. The van der Waals surface area contributed by atoms with Crippen molar-refractivity contribution in [3.8, 4) is 17.2 Å². The molecule has 0 saturated heterocycles. The molecule has 9 heteroatoms. The third-order valence-corrected chi connectivity index (χ3v) is 6.22. The molecule has 0 radical (unpaired) electrons. The van der Waals surface area contributed by atoms with Gasteiger partial charge >= 0.3 is 5.97 Å². The summed E-state index contributed by atoms with van der Waals surface area (Å²) in [5.41, 5.74) is 2.80. The number of para-hydroxylation sites is 1. The number of esters is 1. The molecule has 192 valence electrons. The van der Waals surface area contributed by atoms with E-state index in [1.807, 2.05) is 50.1 Å². The van der Waals surface area contributed by atoms with Gasteiger partial charge in [0.05, 0.1) is 21.3 Å². The van der Waals surface area contributed by atoms with Crippen molar-refractivity contribution in [2.45, 2.75) is 32.2 Å². The zero-order valence-corrected chi connectivity index (χ0v) is 21.6. The minimum atomic E-state index is -0.994. The van der Waals surface area contributed by atoms with Gasteiger partial charge in [-0.05, 0) is 30.7 Å². The second-order valence-electron chi connectivity index (χ2n) is 8.91. The largest absolute Gasteiger partial charge is 0.493 e. The Morgan fingerprint density at radius 3 is 2.19 bits per heavy atom. The molecule has 1 atom stereocenters. The lowest BCUT2D eigenvalue weighted by atomic mass is 9.83. The van der Waals surface area contributed by atoms with Gasteiger partial charge in [-0.1, -0.05) is 32.0 Å². The molecule has 9 nitrogen and oxygen atoms in total. The first kappa shape index (κ1) is 26.6. The first-order valence-corrected chi connectivity index (χ1v) is 11.4. The summed E-state index contributed by atoms with van der Waals surface area (Å²) in [6.45, 7) is 5.13. The number of fused-ring (bicyclic) bond motifs is 1. The fourth-order valence-electron chi connectivity index (χ4n) is 4.27. The SMILES string of the molecule is COc1cc(C(=O)N[C@H](C)C(=O)OCC(=O)/C=C2/N(C)c3ccccc3C2(C)C)cc(OC)c1OC. The Balaban J connectivity index is 1.63. The van der Waals surface area contributed by atoms with Crippen LogP contribution >= 0.6 is 0 Å². The molecule has 0 unspecified atom stereocenters. The Labute approximate surface area is 211 Å². The number of benzene rings is 2. The molecule has 0 aromatic heterocycles. The van der Waals surface area contributed by atoms with Gasteiger partial charge in [-0.25, -0.2) is 4.79 Å². The maximum Gasteiger partial charge on any atom is 0.328 e. The highest BCUT2D eigenvalue weighted by Gasteiger charge is 2.38. The van der Waals surface area contributed by atoms with Gasteiger partial charge in [-0.3, -0.25) is 9.59 Å². The molecule has 0 aliphatic carbocycles. The lowest BCUT2D eigenvalue weighted by Crippen LogP contribution is -2.40. The van der Waals surface area contributed by atoms with E-state index in [0.29, 0.717) is 17.2 Å². The van der Waals surface area contributed by atoms with Gasteiger partial charge in [0, 0.05) is 35.5 Å². The number of hydrogen-bond donors (Lipinski definition) is 1. The van der Waals surface area contributed by atoms with E-state index < -0.39 is 24.5 Å². The summed E-state index contributed by atoms with van der Waals surface area (Å²) < 4.78 is 21.0. The van der Waals surface area contributed by atoms with Gasteiger partial charge in [0.1, 0.15) is 6.04 Å². The van der Waals surface area contributed by atoms with Gasteiger partial charge < -0.3 is 29.2 Å². The first-order valence-electron chi connectivity index (χ1n) is 11.4. The second kappa shape index (κ2) is 10.7. The first-order chi connectivity index (χ1) is 17.0. The van der Waals surface area contributed by atoms with Crippen molar-refractivity contribution in [3.05, 3.63) is 59.3 Å². The van der Waals surface area contributed by atoms with E-state index in [9.17, 15) is 14.4 Å². The van der Waals surface area contributed by atoms with E-state index in [4.69, 9.17) is 18.9 Å². The van der Waals surface area contributed by atoms with Gasteiger partial charge in [-0.2, -0.15) is 0 Å². The van der Waals surface area contributed by atoms with Crippen LogP contribution in [0, 0.1) is 0 Å². The van der Waals surface area contributed by atoms with Crippen LogP contribution in [0.1, 0.15) is 36.7 Å². The van der Waals surface area contributed by atoms with E-state index in [2.05, 4.69) is 5.32 Å². The molecule has 1 aliphatic heterocycles. The lowest BCUT2D eigenvalue weighted by molar-refractivity contribution is -0.148. The number of allylic oxidation sites excluding steroid dienone is 1. The number of ether oxygens (including phenoxy) is 4. The Bertz CT molecular complexity index is 1180. The molecule has 0 fully saturated rings. The number of methoxy groups -OCH3 is 3. The Morgan fingerprint density at radius 2 is 1.64 bits per heavy atom. The van der Waals surface area contributed by atoms with Crippen molar-refractivity contribution in [1.82, 2.24) is 5.32 Å². The van der Waals surface area contributed by atoms with Crippen LogP contribution in [0.25, 0.3) is 0 Å². The molecule has 2 aromatic carbocycles. The highest BCUT2D eigenvalue weighted by atomic mass is 16.5. The number of hydrogen-bond acceptors (Lipinski definition) is 8. The zero-order chi connectivity index (χ0) is 26.6. The maximum absolute atomic E-state index is 12.7. The summed E-state index contributed by atoms with van der Waals surface area (Å²) in [6.07, 6.45) is 1.51. The van der Waals surface area contributed by atoms with Gasteiger partial charge in [0.2, 0.25) is 5.75 Å². The predicted octanol–water partition coefficient (Wildman–Crippen LogP) is 3.25. The molecule has 0 bridgehead atoms. The summed E-state index contributed by atoms with van der Waals surface area (Å²) >= 11 is 0. The molecule has 0 saturated carbocycles. The number of nitrogens with zero attached hydrogens (tertiary/aromatic N) is 1. The molecule has 0 spiro atoms. The standard InChI is InChI=1S/C27H32N2O7/c1-16(28-25(31)17-12-21(33-5)24(35-7)22(13-17)34-6)26(32)36-15-18(30)14-23-27(2,3)19-10-8-9-11-20(19)29(23)4/h8-14,16H,15H2,1-7H3,(H,28,31)/b23-14+/t16-/m1/s1. The van der Waals surface area contributed by atoms with Crippen LogP contribution in [-0.2, 0) is 19.7 Å². The van der Waals surface area contributed by atoms with E-state index >= 15 is 0 Å². The molecule has 1 amide bonds. The monoisotopic (exact) mass is 496 g/mol. The quantitative estimate of drug-likeness (QED) is 0.417. The van der Waals surface area contributed by atoms with E-state index in [1.165, 1.54) is 46.5 Å². The number of rotatable bonds is 9. The molecule has 1 N–H and O–H groups in total. The zero-order valence-electron chi connectivity index (χ0n) is 21.6. The molecule has 36 heavy (non-hydrogen) atoms. The highest BCUT2D eigenvalue weighted by molar-refractivity contribution is 5.98. The van der Waals surface area contributed by atoms with Crippen LogP contribution in [0.4, 0.5) is 5.69 Å². The van der Waals surface area contributed by atoms with Crippen LogP contribution in [0.2, 0.25) is 0 Å². The Morgan fingerprint density at radius 1 is 1.03 bits per heavy atom. The number of carbonyl (C=O) groups excluding carboxylic acids is 3. The summed E-state index contributed by atoms with van der Waals surface area (Å²) in [7, 11) is 6.24. The van der Waals surface area contributed by atoms with Crippen LogP contribution in [0.15, 0.2) is 48.2 Å². The van der Waals surface area contributed by atoms with Crippen LogP contribution in [0.5, 0.6) is 17.2 Å². The second-order valence-corrected chi connectivity index (χ2v) is 8.91. The summed E-state index contributed by atoms with van der Waals surface area (Å²) in [5, 5.41) is 2.56. The van der Waals surface area contributed by atoms with Crippen LogP contribution in [-0.4, -0.2) is 58.7 Å². The number of carbonyl (C=O) groups is 3. The average molecular weight is 497 g/mol. The number of anilines is 1. The topological polar surface area (TPSA) is 103 Å². The lowest BCUT2D eigenvalue weighted by Gasteiger charge is -2.24. The van der Waals surface area contributed by atoms with Gasteiger partial charge in [0.15, 0.2) is 23.9 Å². The maximum atomic E-state index is 12.7. The van der Waals surface area contributed by atoms with E-state index in [1.54, 1.807) is 0 Å². The van der Waals surface area contributed by atoms with Crippen molar-refractivity contribution >= 4 is 23.3 Å². The molecule has 2 aromatic rings. The van der Waals surface area contributed by atoms with Crippen LogP contribution in [0.3, 0.4) is 0 Å². The van der Waals surface area contributed by atoms with Crippen molar-refractivity contribution in [2.75, 3.05) is 39.9 Å². The van der Waals surface area contributed by atoms with Crippen LogP contribution < -0.4 is 24.4 Å². The van der Waals surface area contributed by atoms with Gasteiger partial charge in [-0.15, -0.1) is 0 Å². The molecule has 3 rings (SSSR count). The van der Waals surface area contributed by atoms with Crippen molar-refractivity contribution < 1.29 is 33.3 Å². The van der Waals surface area contributed by atoms with E-state index in [0.717, 1.165) is 16.9 Å². The predicted molar refractivity (Wildman–Crippen MR) is 135 cm³/mol. The Kier molecular flexibility index (Phi) is 7.92. The molecule has 1 heterocycles. The summed E-state index contributed by atoms with van der Waals surface area (Å²) in [6, 6.07) is 9.91. The number of ketones is 1. The van der Waals surface area contributed by atoms with Crippen molar-refractivity contribution in [2.24, 2.45) is 0 Å². The third kappa shape index (κ3) is 5.15. The smallest absolute Gasteiger partial charge is 0.328 e. The number of nitrogens with one attached hydrogen (secondary N) is 1. The molecular weight excluding hydrogens is 464 g/mol. The Hall–Kier alpha value is -4.01. The number of amides is 1. The van der Waals surface area contributed by atoms with Crippen molar-refractivity contribution in [3.63, 3.8) is 0 Å². The van der Waals surface area contributed by atoms with Gasteiger partial charge in [0.25, 0.3) is 5.91 Å². The third-order valence-electron chi connectivity index (χ3n) is 6.22. The molecular formula is C27H32N2O7. The van der Waals surface area contributed by atoms with Crippen molar-refractivity contribution in [1.29, 1.82) is 0 Å². The average Bonchev–Trinajstić information content (AvgIpc) is 3.06. The highest BCUT2D eigenvalue weighted by Crippen LogP contribution is 2.46. The number of likely N-dealkylation sites (N-methyl/N-ethyl adjacent to an activating group) is 1. The minimum absolute atomic E-state index is 0.205. The normalized spacial score (nSPS) is 15.6. The fourth-order valence-corrected chi connectivity index (χ4v) is 4.27. The molecule has 1 aliphatic rings. The van der Waals surface area contributed by atoms with E-state index in [-0.39, 0.29) is 16.8 Å². The minimum Gasteiger partial charge on any atom is -0.493 e.